The van der Waals surface area contributed by atoms with E-state index >= 15 is 0 Å². The van der Waals surface area contributed by atoms with E-state index in [9.17, 15) is 4.79 Å². The van der Waals surface area contributed by atoms with Crippen molar-refractivity contribution in [3.8, 4) is 5.75 Å². The third kappa shape index (κ3) is 4.84. The van der Waals surface area contributed by atoms with E-state index in [1.807, 2.05) is 36.0 Å². The molecular formula is C16H23NO2S. The monoisotopic (exact) mass is 293 g/mol. The highest BCUT2D eigenvalue weighted by atomic mass is 32.2. The largest absolute Gasteiger partial charge is 0.494 e. The molecule has 1 saturated heterocycles. The highest BCUT2D eigenvalue weighted by Gasteiger charge is 2.13. The SMILES string of the molecule is CCCOc1ccc(C(=O)CCN2CCSCC2)cc1. The van der Waals surface area contributed by atoms with Crippen molar-refractivity contribution < 1.29 is 9.53 Å². The van der Waals surface area contributed by atoms with Gasteiger partial charge in [-0.1, -0.05) is 6.92 Å². The minimum Gasteiger partial charge on any atom is -0.494 e. The number of nitrogens with zero attached hydrogens (tertiary/aromatic N) is 1. The normalized spacial score (nSPS) is 16.1. The molecule has 1 fully saturated rings. The summed E-state index contributed by atoms with van der Waals surface area (Å²) in [6.07, 6.45) is 1.61. The number of hydrogen-bond acceptors (Lipinski definition) is 4. The highest BCUT2D eigenvalue weighted by molar-refractivity contribution is 7.99. The van der Waals surface area contributed by atoms with Crippen LogP contribution < -0.4 is 4.74 Å². The predicted molar refractivity (Wildman–Crippen MR) is 84.9 cm³/mol. The number of Topliss-reactive ketones (excluding diaryl/α,β-unsaturated/α-hetero) is 1. The molecule has 0 aromatic heterocycles. The average molecular weight is 293 g/mol. The zero-order valence-corrected chi connectivity index (χ0v) is 13.0. The van der Waals surface area contributed by atoms with Gasteiger partial charge in [-0.15, -0.1) is 0 Å². The van der Waals surface area contributed by atoms with Crippen LogP contribution in [-0.2, 0) is 0 Å². The molecule has 1 heterocycles. The van der Waals surface area contributed by atoms with E-state index in [4.69, 9.17) is 4.74 Å². The van der Waals surface area contributed by atoms with Crippen molar-refractivity contribution in [1.29, 1.82) is 0 Å². The number of ether oxygens (including phenoxy) is 1. The maximum absolute atomic E-state index is 12.1. The lowest BCUT2D eigenvalue weighted by Crippen LogP contribution is -2.34. The van der Waals surface area contributed by atoms with Gasteiger partial charge in [-0.3, -0.25) is 4.79 Å². The number of thioether (sulfide) groups is 1. The first kappa shape index (κ1) is 15.4. The quantitative estimate of drug-likeness (QED) is 0.723. The summed E-state index contributed by atoms with van der Waals surface area (Å²) >= 11 is 2.00. The molecular weight excluding hydrogens is 270 g/mol. The number of carbonyl (C=O) groups excluding carboxylic acids is 1. The molecule has 2 rings (SSSR count). The minimum absolute atomic E-state index is 0.227. The lowest BCUT2D eigenvalue weighted by atomic mass is 10.1. The predicted octanol–water partition coefficient (Wildman–Crippen LogP) is 3.10. The van der Waals surface area contributed by atoms with Gasteiger partial charge in [0.2, 0.25) is 0 Å². The Morgan fingerprint density at radius 1 is 1.25 bits per heavy atom. The average Bonchev–Trinajstić information content (AvgIpc) is 2.52. The Bertz CT molecular complexity index is 413. The summed E-state index contributed by atoms with van der Waals surface area (Å²) in [6, 6.07) is 7.53. The highest BCUT2D eigenvalue weighted by Crippen LogP contribution is 2.15. The molecule has 0 saturated carbocycles. The summed E-state index contributed by atoms with van der Waals surface area (Å²) in [5.41, 5.74) is 0.792. The lowest BCUT2D eigenvalue weighted by molar-refractivity contribution is 0.0966. The van der Waals surface area contributed by atoms with Gasteiger partial charge in [-0.05, 0) is 30.7 Å². The van der Waals surface area contributed by atoms with Crippen molar-refractivity contribution in [2.24, 2.45) is 0 Å². The van der Waals surface area contributed by atoms with Crippen molar-refractivity contribution in [1.82, 2.24) is 4.90 Å². The molecule has 1 aliphatic heterocycles. The zero-order valence-electron chi connectivity index (χ0n) is 12.1. The Balaban J connectivity index is 1.79. The molecule has 0 radical (unpaired) electrons. The number of hydrogen-bond donors (Lipinski definition) is 0. The standard InChI is InChI=1S/C16H23NO2S/c1-2-11-19-15-5-3-14(4-6-15)16(18)7-8-17-9-12-20-13-10-17/h3-6H,2,7-13H2,1H3. The molecule has 1 aliphatic rings. The first-order valence-electron chi connectivity index (χ1n) is 7.35. The van der Waals surface area contributed by atoms with Gasteiger partial charge in [-0.25, -0.2) is 0 Å². The van der Waals surface area contributed by atoms with Crippen molar-refractivity contribution in [2.75, 3.05) is 37.7 Å². The van der Waals surface area contributed by atoms with Crippen LogP contribution in [0.4, 0.5) is 0 Å². The van der Waals surface area contributed by atoms with Crippen LogP contribution in [0, 0.1) is 0 Å². The Kier molecular flexibility index (Phi) is 6.40. The first-order valence-corrected chi connectivity index (χ1v) is 8.51. The fourth-order valence-corrected chi connectivity index (χ4v) is 3.16. The number of carbonyl (C=O) groups is 1. The molecule has 0 aliphatic carbocycles. The third-order valence-electron chi connectivity index (χ3n) is 3.41. The summed E-state index contributed by atoms with van der Waals surface area (Å²) in [5.74, 6) is 3.46. The van der Waals surface area contributed by atoms with E-state index in [0.717, 1.165) is 44.0 Å². The second-order valence-electron chi connectivity index (χ2n) is 5.00. The summed E-state index contributed by atoms with van der Waals surface area (Å²) < 4.78 is 5.52. The van der Waals surface area contributed by atoms with Gasteiger partial charge in [0.05, 0.1) is 6.61 Å². The molecule has 0 N–H and O–H groups in total. The second-order valence-corrected chi connectivity index (χ2v) is 6.22. The van der Waals surface area contributed by atoms with Crippen LogP contribution in [-0.4, -0.2) is 48.4 Å². The molecule has 20 heavy (non-hydrogen) atoms. The fraction of sp³-hybridized carbons (Fsp3) is 0.562. The Hall–Kier alpha value is -1.00. The molecule has 0 bridgehead atoms. The van der Waals surface area contributed by atoms with Gasteiger partial charge in [-0.2, -0.15) is 11.8 Å². The maximum Gasteiger partial charge on any atom is 0.164 e. The van der Waals surface area contributed by atoms with Crippen LogP contribution in [0.5, 0.6) is 5.75 Å². The van der Waals surface area contributed by atoms with Gasteiger partial charge in [0, 0.05) is 43.1 Å². The van der Waals surface area contributed by atoms with Gasteiger partial charge in [0.1, 0.15) is 5.75 Å². The van der Waals surface area contributed by atoms with Crippen molar-refractivity contribution in [3.05, 3.63) is 29.8 Å². The van der Waals surface area contributed by atoms with Crippen molar-refractivity contribution >= 4 is 17.5 Å². The second kappa shape index (κ2) is 8.32. The zero-order chi connectivity index (χ0) is 14.2. The van der Waals surface area contributed by atoms with Crippen LogP contribution >= 0.6 is 11.8 Å². The molecule has 110 valence electrons. The minimum atomic E-state index is 0.227. The van der Waals surface area contributed by atoms with Crippen LogP contribution in [0.15, 0.2) is 24.3 Å². The van der Waals surface area contributed by atoms with E-state index in [0.29, 0.717) is 6.42 Å². The van der Waals surface area contributed by atoms with E-state index < -0.39 is 0 Å². The summed E-state index contributed by atoms with van der Waals surface area (Å²) in [6.45, 7) is 5.91. The van der Waals surface area contributed by atoms with Gasteiger partial charge in [0.25, 0.3) is 0 Å². The number of benzene rings is 1. The smallest absolute Gasteiger partial charge is 0.164 e. The van der Waals surface area contributed by atoms with Gasteiger partial charge in [0.15, 0.2) is 5.78 Å². The number of ketones is 1. The fourth-order valence-electron chi connectivity index (χ4n) is 2.19. The van der Waals surface area contributed by atoms with Crippen LogP contribution in [0.2, 0.25) is 0 Å². The molecule has 0 atom stereocenters. The Labute approximate surface area is 125 Å². The van der Waals surface area contributed by atoms with Crippen LogP contribution in [0.3, 0.4) is 0 Å². The van der Waals surface area contributed by atoms with Crippen molar-refractivity contribution in [2.45, 2.75) is 19.8 Å². The third-order valence-corrected chi connectivity index (χ3v) is 4.35. The Morgan fingerprint density at radius 3 is 2.60 bits per heavy atom. The molecule has 3 nitrogen and oxygen atoms in total. The molecule has 0 unspecified atom stereocenters. The van der Waals surface area contributed by atoms with E-state index in [-0.39, 0.29) is 5.78 Å². The summed E-state index contributed by atoms with van der Waals surface area (Å²) in [5, 5.41) is 0. The van der Waals surface area contributed by atoms with E-state index in [1.165, 1.54) is 11.5 Å². The van der Waals surface area contributed by atoms with Crippen molar-refractivity contribution in [3.63, 3.8) is 0 Å². The molecule has 4 heteroatoms. The summed E-state index contributed by atoms with van der Waals surface area (Å²) in [4.78, 5) is 14.5. The van der Waals surface area contributed by atoms with Crippen LogP contribution in [0.1, 0.15) is 30.1 Å². The number of rotatable bonds is 7. The summed E-state index contributed by atoms with van der Waals surface area (Å²) in [7, 11) is 0. The molecule has 0 spiro atoms. The lowest BCUT2D eigenvalue weighted by Gasteiger charge is -2.25. The van der Waals surface area contributed by atoms with Gasteiger partial charge < -0.3 is 9.64 Å². The van der Waals surface area contributed by atoms with E-state index in [2.05, 4.69) is 11.8 Å². The maximum atomic E-state index is 12.1. The first-order chi connectivity index (χ1) is 9.79. The Morgan fingerprint density at radius 2 is 1.95 bits per heavy atom. The molecule has 0 amide bonds. The van der Waals surface area contributed by atoms with E-state index in [1.54, 1.807) is 0 Å². The topological polar surface area (TPSA) is 29.5 Å². The van der Waals surface area contributed by atoms with Crippen LogP contribution in [0.25, 0.3) is 0 Å². The molecule has 1 aromatic rings. The van der Waals surface area contributed by atoms with Gasteiger partial charge >= 0.3 is 0 Å². The molecule has 1 aromatic carbocycles.